The normalized spacial score (nSPS) is 10.7. The molecule has 2 aromatic rings. The van der Waals surface area contributed by atoms with Crippen LogP contribution >= 0.6 is 22.6 Å². The Labute approximate surface area is 129 Å². The zero-order chi connectivity index (χ0) is 14.5. The Morgan fingerprint density at radius 1 is 1.20 bits per heavy atom. The summed E-state index contributed by atoms with van der Waals surface area (Å²) in [5.41, 5.74) is 7.71. The van der Waals surface area contributed by atoms with Gasteiger partial charge in [0.25, 0.3) is 0 Å². The lowest BCUT2D eigenvalue weighted by Gasteiger charge is -2.04. The Morgan fingerprint density at radius 2 is 1.90 bits per heavy atom. The zero-order valence-electron chi connectivity index (χ0n) is 10.4. The molecular weight excluding hydrogens is 370 g/mol. The molecule has 0 aromatic heterocycles. The Bertz CT molecular complexity index is 653. The van der Waals surface area contributed by atoms with Crippen molar-refractivity contribution in [3.63, 3.8) is 0 Å². The summed E-state index contributed by atoms with van der Waals surface area (Å²) in [6.07, 6.45) is 3.11. The molecule has 0 atom stereocenters. The second-order valence-electron chi connectivity index (χ2n) is 4.11. The van der Waals surface area contributed by atoms with Gasteiger partial charge in [0.1, 0.15) is 5.82 Å². The van der Waals surface area contributed by atoms with E-state index < -0.39 is 0 Å². The summed E-state index contributed by atoms with van der Waals surface area (Å²) in [7, 11) is 0. The standard InChI is InChI=1S/C15H12FIN2O/c16-11-4-7-14(13(17)9-11)19-15(20)8-3-10-1-5-12(18)6-2-10/h1-9H,18H2,(H,19,20)/b8-3+. The van der Waals surface area contributed by atoms with Crippen LogP contribution in [-0.2, 0) is 4.79 Å². The number of anilines is 2. The van der Waals surface area contributed by atoms with Crippen LogP contribution in [0.5, 0.6) is 0 Å². The van der Waals surface area contributed by atoms with E-state index in [1.165, 1.54) is 24.3 Å². The van der Waals surface area contributed by atoms with Crippen LogP contribution in [0.2, 0.25) is 0 Å². The summed E-state index contributed by atoms with van der Waals surface area (Å²) >= 11 is 1.97. The van der Waals surface area contributed by atoms with Crippen LogP contribution in [0.4, 0.5) is 15.8 Å². The minimum Gasteiger partial charge on any atom is -0.399 e. The number of nitrogens with two attached hydrogens (primary N) is 1. The number of halogens is 2. The van der Waals surface area contributed by atoms with Gasteiger partial charge in [-0.3, -0.25) is 4.79 Å². The highest BCUT2D eigenvalue weighted by molar-refractivity contribution is 14.1. The minimum atomic E-state index is -0.329. The van der Waals surface area contributed by atoms with Gasteiger partial charge >= 0.3 is 0 Å². The van der Waals surface area contributed by atoms with Crippen molar-refractivity contribution in [1.29, 1.82) is 0 Å². The van der Waals surface area contributed by atoms with Crippen LogP contribution in [0.1, 0.15) is 5.56 Å². The van der Waals surface area contributed by atoms with Crippen molar-refractivity contribution >= 4 is 45.9 Å². The minimum absolute atomic E-state index is 0.272. The number of carbonyl (C=O) groups excluding carboxylic acids is 1. The van der Waals surface area contributed by atoms with E-state index in [0.717, 1.165) is 5.56 Å². The maximum Gasteiger partial charge on any atom is 0.248 e. The van der Waals surface area contributed by atoms with Gasteiger partial charge in [-0.25, -0.2) is 4.39 Å². The SMILES string of the molecule is Nc1ccc(/C=C/C(=O)Nc2ccc(F)cc2I)cc1. The molecule has 3 nitrogen and oxygen atoms in total. The highest BCUT2D eigenvalue weighted by Crippen LogP contribution is 2.19. The van der Waals surface area contributed by atoms with Gasteiger partial charge in [-0.1, -0.05) is 12.1 Å². The van der Waals surface area contributed by atoms with E-state index in [1.54, 1.807) is 18.2 Å². The predicted molar refractivity (Wildman–Crippen MR) is 87.6 cm³/mol. The lowest BCUT2D eigenvalue weighted by atomic mass is 10.2. The van der Waals surface area contributed by atoms with Gasteiger partial charge in [-0.05, 0) is 64.6 Å². The molecule has 102 valence electrons. The molecule has 0 aliphatic heterocycles. The summed E-state index contributed by atoms with van der Waals surface area (Å²) in [6.45, 7) is 0. The van der Waals surface area contributed by atoms with E-state index in [-0.39, 0.29) is 11.7 Å². The largest absolute Gasteiger partial charge is 0.399 e. The van der Waals surface area contributed by atoms with Crippen molar-refractivity contribution in [2.45, 2.75) is 0 Å². The number of rotatable bonds is 3. The summed E-state index contributed by atoms with van der Waals surface area (Å²) < 4.78 is 13.6. The Hall–Kier alpha value is -1.89. The number of hydrogen-bond donors (Lipinski definition) is 2. The highest BCUT2D eigenvalue weighted by Gasteiger charge is 2.03. The quantitative estimate of drug-likeness (QED) is 0.484. The fourth-order valence-corrected chi connectivity index (χ4v) is 2.16. The topological polar surface area (TPSA) is 55.1 Å². The maximum absolute atomic E-state index is 12.9. The smallest absolute Gasteiger partial charge is 0.248 e. The second kappa shape index (κ2) is 6.51. The first-order valence-electron chi connectivity index (χ1n) is 5.84. The number of amides is 1. The molecule has 2 rings (SSSR count). The van der Waals surface area contributed by atoms with Crippen LogP contribution < -0.4 is 11.1 Å². The van der Waals surface area contributed by atoms with Crippen molar-refractivity contribution in [3.8, 4) is 0 Å². The van der Waals surface area contributed by atoms with Crippen LogP contribution in [0.25, 0.3) is 6.08 Å². The van der Waals surface area contributed by atoms with Crippen LogP contribution in [0.3, 0.4) is 0 Å². The average molecular weight is 382 g/mol. The van der Waals surface area contributed by atoms with Gasteiger partial charge in [-0.2, -0.15) is 0 Å². The third kappa shape index (κ3) is 4.06. The van der Waals surface area contributed by atoms with Gasteiger partial charge in [0, 0.05) is 15.3 Å². The number of carbonyl (C=O) groups is 1. The maximum atomic E-state index is 12.9. The van der Waals surface area contributed by atoms with Crippen LogP contribution in [0.15, 0.2) is 48.5 Å². The molecule has 0 bridgehead atoms. The summed E-state index contributed by atoms with van der Waals surface area (Å²) in [4.78, 5) is 11.8. The molecule has 0 fully saturated rings. The zero-order valence-corrected chi connectivity index (χ0v) is 12.6. The molecule has 20 heavy (non-hydrogen) atoms. The molecule has 5 heteroatoms. The molecule has 0 spiro atoms. The Morgan fingerprint density at radius 3 is 2.55 bits per heavy atom. The third-order valence-corrected chi connectivity index (χ3v) is 3.45. The first-order chi connectivity index (χ1) is 9.54. The van der Waals surface area contributed by atoms with Gasteiger partial charge in [0.2, 0.25) is 5.91 Å². The number of nitrogen functional groups attached to an aromatic ring is 1. The summed E-state index contributed by atoms with van der Waals surface area (Å²) in [6, 6.07) is 11.4. The van der Waals surface area contributed by atoms with Crippen LogP contribution in [0, 0.1) is 9.39 Å². The molecule has 0 aliphatic rings. The van der Waals surface area contributed by atoms with Crippen molar-refractivity contribution in [2.24, 2.45) is 0 Å². The number of hydrogen-bond acceptors (Lipinski definition) is 2. The first kappa shape index (κ1) is 14.5. The van der Waals surface area contributed by atoms with Crippen molar-refractivity contribution in [1.82, 2.24) is 0 Å². The van der Waals surface area contributed by atoms with Crippen LogP contribution in [-0.4, -0.2) is 5.91 Å². The lowest BCUT2D eigenvalue weighted by molar-refractivity contribution is -0.111. The molecule has 0 aliphatic carbocycles. The highest BCUT2D eigenvalue weighted by atomic mass is 127. The van der Waals surface area contributed by atoms with Gasteiger partial charge in [0.15, 0.2) is 0 Å². The van der Waals surface area contributed by atoms with Crippen molar-refractivity contribution < 1.29 is 9.18 Å². The van der Waals surface area contributed by atoms with Gasteiger partial charge in [0.05, 0.1) is 5.69 Å². The predicted octanol–water partition coefficient (Wildman–Crippen LogP) is 3.66. The molecule has 0 heterocycles. The summed E-state index contributed by atoms with van der Waals surface area (Å²) in [5, 5.41) is 2.69. The molecule has 0 saturated heterocycles. The third-order valence-electron chi connectivity index (χ3n) is 2.55. The average Bonchev–Trinajstić information content (AvgIpc) is 2.41. The fraction of sp³-hybridized carbons (Fsp3) is 0. The number of benzene rings is 2. The monoisotopic (exact) mass is 382 g/mol. The molecule has 3 N–H and O–H groups in total. The first-order valence-corrected chi connectivity index (χ1v) is 6.92. The second-order valence-corrected chi connectivity index (χ2v) is 5.28. The lowest BCUT2D eigenvalue weighted by Crippen LogP contribution is -2.09. The van der Waals surface area contributed by atoms with E-state index in [1.807, 2.05) is 34.7 Å². The van der Waals surface area contributed by atoms with E-state index in [2.05, 4.69) is 5.32 Å². The van der Waals surface area contributed by atoms with Crippen molar-refractivity contribution in [2.75, 3.05) is 11.1 Å². The van der Waals surface area contributed by atoms with Gasteiger partial charge < -0.3 is 11.1 Å². The van der Waals surface area contributed by atoms with E-state index >= 15 is 0 Å². The van der Waals surface area contributed by atoms with E-state index in [9.17, 15) is 9.18 Å². The molecule has 0 radical (unpaired) electrons. The molecular formula is C15H12FIN2O. The Balaban J connectivity index is 2.03. The van der Waals surface area contributed by atoms with Gasteiger partial charge in [-0.15, -0.1) is 0 Å². The molecule has 1 amide bonds. The molecule has 2 aromatic carbocycles. The van der Waals surface area contributed by atoms with E-state index in [4.69, 9.17) is 5.73 Å². The Kier molecular flexibility index (Phi) is 4.73. The molecule has 0 unspecified atom stereocenters. The summed E-state index contributed by atoms with van der Waals surface area (Å²) in [5.74, 6) is -0.601. The number of nitrogens with one attached hydrogen (secondary N) is 1. The fourth-order valence-electron chi connectivity index (χ4n) is 1.54. The van der Waals surface area contributed by atoms with Crippen molar-refractivity contribution in [3.05, 3.63) is 63.5 Å². The van der Waals surface area contributed by atoms with E-state index in [0.29, 0.717) is 14.9 Å². The molecule has 0 saturated carbocycles.